The fraction of sp³-hybridized carbons (Fsp3) is 0.429. The number of benzene rings is 1. The Balaban J connectivity index is 2.30. The lowest BCUT2D eigenvalue weighted by molar-refractivity contribution is 0.242. The van der Waals surface area contributed by atoms with Gasteiger partial charge < -0.3 is 10.1 Å². The van der Waals surface area contributed by atoms with Crippen molar-refractivity contribution < 1.29 is 4.74 Å². The summed E-state index contributed by atoms with van der Waals surface area (Å²) in [6.45, 7) is 7.43. The zero-order valence-electron chi connectivity index (χ0n) is 9.99. The van der Waals surface area contributed by atoms with E-state index in [2.05, 4.69) is 43.1 Å². The third-order valence-corrected chi connectivity index (χ3v) is 2.56. The number of rotatable bonds is 8. The molecular formula is C14H21NO. The Kier molecular flexibility index (Phi) is 6.35. The van der Waals surface area contributed by atoms with Gasteiger partial charge in [0.25, 0.3) is 0 Å². The maximum Gasteiger partial charge on any atom is 0.0885 e. The molecular weight excluding hydrogens is 198 g/mol. The predicted octanol–water partition coefficient (Wildman–Crippen LogP) is 3.28. The third-order valence-electron chi connectivity index (χ3n) is 2.56. The fourth-order valence-corrected chi connectivity index (χ4v) is 1.70. The molecule has 0 radical (unpaired) electrons. The molecule has 0 aromatic heterocycles. The standard InChI is InChI=1S/C14H21NO/c1-3-14(13-9-6-5-7-10-13)15-11-8-12-16-4-2/h4-7,9-10,14-15H,2-3,8,11-12H2,1H3. The minimum absolute atomic E-state index is 0.449. The molecule has 0 amide bonds. The first-order valence-corrected chi connectivity index (χ1v) is 5.89. The Hall–Kier alpha value is -1.28. The van der Waals surface area contributed by atoms with Crippen LogP contribution < -0.4 is 5.32 Å². The SMILES string of the molecule is C=COCCCNC(CC)c1ccccc1. The number of ether oxygens (including phenoxy) is 1. The largest absolute Gasteiger partial charge is 0.502 e. The lowest BCUT2D eigenvalue weighted by Gasteiger charge is -2.17. The van der Waals surface area contributed by atoms with Gasteiger partial charge in [-0.05, 0) is 24.9 Å². The molecule has 2 heteroatoms. The highest BCUT2D eigenvalue weighted by molar-refractivity contribution is 5.18. The van der Waals surface area contributed by atoms with E-state index in [1.54, 1.807) is 0 Å². The highest BCUT2D eigenvalue weighted by atomic mass is 16.5. The van der Waals surface area contributed by atoms with Crippen LogP contribution in [0.2, 0.25) is 0 Å². The monoisotopic (exact) mass is 219 g/mol. The maximum absolute atomic E-state index is 5.08. The molecule has 0 aliphatic rings. The van der Waals surface area contributed by atoms with Crippen molar-refractivity contribution in [3.05, 3.63) is 48.7 Å². The van der Waals surface area contributed by atoms with Gasteiger partial charge in [0.15, 0.2) is 0 Å². The van der Waals surface area contributed by atoms with Crippen LogP contribution in [0.3, 0.4) is 0 Å². The van der Waals surface area contributed by atoms with Crippen LogP contribution in [0.4, 0.5) is 0 Å². The van der Waals surface area contributed by atoms with Crippen LogP contribution in [-0.2, 0) is 4.74 Å². The first-order valence-electron chi connectivity index (χ1n) is 5.89. The zero-order chi connectivity index (χ0) is 11.6. The van der Waals surface area contributed by atoms with Gasteiger partial charge in [0, 0.05) is 6.04 Å². The summed E-state index contributed by atoms with van der Waals surface area (Å²) in [4.78, 5) is 0. The van der Waals surface area contributed by atoms with E-state index in [1.165, 1.54) is 11.8 Å². The highest BCUT2D eigenvalue weighted by Gasteiger charge is 2.06. The molecule has 1 aromatic rings. The van der Waals surface area contributed by atoms with E-state index in [4.69, 9.17) is 4.74 Å². The van der Waals surface area contributed by atoms with E-state index in [1.807, 2.05) is 6.07 Å². The van der Waals surface area contributed by atoms with Gasteiger partial charge in [0.2, 0.25) is 0 Å². The molecule has 0 spiro atoms. The number of hydrogen-bond donors (Lipinski definition) is 1. The van der Waals surface area contributed by atoms with Crippen LogP contribution in [0.15, 0.2) is 43.2 Å². The molecule has 1 aromatic carbocycles. The Morgan fingerprint density at radius 2 is 2.12 bits per heavy atom. The lowest BCUT2D eigenvalue weighted by Crippen LogP contribution is -2.22. The van der Waals surface area contributed by atoms with Crippen molar-refractivity contribution in [3.63, 3.8) is 0 Å². The molecule has 0 bridgehead atoms. The molecule has 1 unspecified atom stereocenters. The van der Waals surface area contributed by atoms with E-state index in [-0.39, 0.29) is 0 Å². The van der Waals surface area contributed by atoms with Gasteiger partial charge in [0.1, 0.15) is 0 Å². The average Bonchev–Trinajstić information content (AvgIpc) is 2.35. The van der Waals surface area contributed by atoms with Crippen molar-refractivity contribution in [1.29, 1.82) is 0 Å². The first kappa shape index (κ1) is 12.8. The van der Waals surface area contributed by atoms with E-state index < -0.39 is 0 Å². The van der Waals surface area contributed by atoms with E-state index in [0.29, 0.717) is 6.04 Å². The highest BCUT2D eigenvalue weighted by Crippen LogP contribution is 2.15. The van der Waals surface area contributed by atoms with Gasteiger partial charge >= 0.3 is 0 Å². The van der Waals surface area contributed by atoms with E-state index >= 15 is 0 Å². The average molecular weight is 219 g/mol. The van der Waals surface area contributed by atoms with Crippen LogP contribution in [0.5, 0.6) is 0 Å². The summed E-state index contributed by atoms with van der Waals surface area (Å²) in [6.07, 6.45) is 3.61. The molecule has 88 valence electrons. The zero-order valence-corrected chi connectivity index (χ0v) is 9.99. The Morgan fingerprint density at radius 3 is 2.75 bits per heavy atom. The van der Waals surface area contributed by atoms with Crippen LogP contribution in [0.25, 0.3) is 0 Å². The summed E-state index contributed by atoms with van der Waals surface area (Å²) in [5.74, 6) is 0. The van der Waals surface area contributed by atoms with Crippen LogP contribution in [-0.4, -0.2) is 13.2 Å². The molecule has 0 saturated heterocycles. The quantitative estimate of drug-likeness (QED) is 0.535. The molecule has 1 atom stereocenters. The Labute approximate surface area is 98.3 Å². The molecule has 16 heavy (non-hydrogen) atoms. The minimum atomic E-state index is 0.449. The van der Waals surface area contributed by atoms with E-state index in [9.17, 15) is 0 Å². The van der Waals surface area contributed by atoms with Crippen molar-refractivity contribution in [1.82, 2.24) is 5.32 Å². The maximum atomic E-state index is 5.08. The summed E-state index contributed by atoms with van der Waals surface area (Å²) in [5.41, 5.74) is 1.36. The molecule has 0 aliphatic carbocycles. The van der Waals surface area contributed by atoms with Gasteiger partial charge in [-0.2, -0.15) is 0 Å². The summed E-state index contributed by atoms with van der Waals surface area (Å²) < 4.78 is 5.08. The first-order chi connectivity index (χ1) is 7.88. The van der Waals surface area contributed by atoms with Gasteiger partial charge in [0.05, 0.1) is 12.9 Å². The second-order valence-corrected chi connectivity index (χ2v) is 3.72. The fourth-order valence-electron chi connectivity index (χ4n) is 1.70. The number of nitrogens with one attached hydrogen (secondary N) is 1. The van der Waals surface area contributed by atoms with Gasteiger partial charge in [-0.15, -0.1) is 0 Å². The predicted molar refractivity (Wildman–Crippen MR) is 68.2 cm³/mol. The summed E-state index contributed by atoms with van der Waals surface area (Å²) in [7, 11) is 0. The van der Waals surface area contributed by atoms with Crippen LogP contribution in [0.1, 0.15) is 31.4 Å². The van der Waals surface area contributed by atoms with Crippen molar-refractivity contribution in [2.24, 2.45) is 0 Å². The Morgan fingerprint density at radius 1 is 1.38 bits per heavy atom. The molecule has 0 fully saturated rings. The molecule has 1 rings (SSSR count). The van der Waals surface area contributed by atoms with Gasteiger partial charge in [-0.1, -0.05) is 43.8 Å². The van der Waals surface area contributed by atoms with E-state index in [0.717, 1.165) is 26.0 Å². The molecule has 0 heterocycles. The summed E-state index contributed by atoms with van der Waals surface area (Å²) in [6, 6.07) is 11.0. The summed E-state index contributed by atoms with van der Waals surface area (Å²) >= 11 is 0. The topological polar surface area (TPSA) is 21.3 Å². The summed E-state index contributed by atoms with van der Waals surface area (Å²) in [5, 5.41) is 3.53. The third kappa shape index (κ3) is 4.49. The second kappa shape index (κ2) is 7.94. The van der Waals surface area contributed by atoms with Crippen LogP contribution >= 0.6 is 0 Å². The van der Waals surface area contributed by atoms with Crippen molar-refractivity contribution in [3.8, 4) is 0 Å². The molecule has 2 nitrogen and oxygen atoms in total. The molecule has 0 aliphatic heterocycles. The van der Waals surface area contributed by atoms with Gasteiger partial charge in [-0.3, -0.25) is 0 Å². The minimum Gasteiger partial charge on any atom is -0.502 e. The smallest absolute Gasteiger partial charge is 0.0885 e. The van der Waals surface area contributed by atoms with Crippen molar-refractivity contribution in [2.45, 2.75) is 25.8 Å². The van der Waals surface area contributed by atoms with Crippen molar-refractivity contribution in [2.75, 3.05) is 13.2 Å². The number of hydrogen-bond acceptors (Lipinski definition) is 2. The van der Waals surface area contributed by atoms with Crippen LogP contribution in [0, 0.1) is 0 Å². The van der Waals surface area contributed by atoms with Crippen molar-refractivity contribution >= 4 is 0 Å². The Bertz CT molecular complexity index is 284. The lowest BCUT2D eigenvalue weighted by atomic mass is 10.0. The normalized spacial score (nSPS) is 12.1. The molecule has 0 saturated carbocycles. The molecule has 1 N–H and O–H groups in total. The van der Waals surface area contributed by atoms with Gasteiger partial charge in [-0.25, -0.2) is 0 Å². The second-order valence-electron chi connectivity index (χ2n) is 3.72.